The number of hydrogen-bond donors (Lipinski definition) is 3. The Morgan fingerprint density at radius 2 is 1.90 bits per heavy atom. The maximum atomic E-state index is 11.4. The molecule has 3 rings (SSSR count). The molecule has 10 heteroatoms. The van der Waals surface area contributed by atoms with E-state index in [1.165, 1.54) is 29.9 Å². The summed E-state index contributed by atoms with van der Waals surface area (Å²) in [5.41, 5.74) is 0.949. The number of primary sulfonamides is 1. The maximum Gasteiger partial charge on any atom is 0.238 e. The van der Waals surface area contributed by atoms with Crippen molar-refractivity contribution in [2.75, 3.05) is 26.7 Å². The van der Waals surface area contributed by atoms with Gasteiger partial charge in [-0.1, -0.05) is 25.1 Å². The summed E-state index contributed by atoms with van der Waals surface area (Å²) in [5.74, 6) is 1.52. The summed E-state index contributed by atoms with van der Waals surface area (Å²) < 4.78 is 22.8. The summed E-state index contributed by atoms with van der Waals surface area (Å²) in [6, 6.07) is 11.2. The number of nitrogens with two attached hydrogens (primary N) is 1. The Morgan fingerprint density at radius 3 is 2.45 bits per heavy atom. The van der Waals surface area contributed by atoms with Gasteiger partial charge >= 0.3 is 0 Å². The summed E-state index contributed by atoms with van der Waals surface area (Å²) in [6.45, 7) is 5.88. The number of nitrogens with zero attached hydrogens (tertiary/aromatic N) is 2. The van der Waals surface area contributed by atoms with Crippen LogP contribution in [-0.4, -0.2) is 46.0 Å². The topological polar surface area (TPSA) is 99.8 Å². The van der Waals surface area contributed by atoms with Crippen molar-refractivity contribution in [2.45, 2.75) is 37.2 Å². The molecular formula is C21H32IN5O2S2. The van der Waals surface area contributed by atoms with Crippen molar-refractivity contribution < 1.29 is 8.42 Å². The Balaban J connectivity index is 0.00000341. The van der Waals surface area contributed by atoms with Gasteiger partial charge in [0.2, 0.25) is 10.0 Å². The lowest BCUT2D eigenvalue weighted by Gasteiger charge is -2.36. The molecule has 1 aliphatic rings. The fourth-order valence-electron chi connectivity index (χ4n) is 3.63. The number of guanidine groups is 1. The SMILES string of the molecule is CN=C(NCc1ccc(S(N)(=O)=O)cc1)NCC(c1cccs1)N1CCC(C)CC1.I. The predicted octanol–water partition coefficient (Wildman–Crippen LogP) is 3.15. The second-order valence-electron chi connectivity index (χ2n) is 7.75. The zero-order valence-electron chi connectivity index (χ0n) is 18.0. The average molecular weight is 578 g/mol. The Labute approximate surface area is 206 Å². The molecule has 172 valence electrons. The summed E-state index contributed by atoms with van der Waals surface area (Å²) in [4.78, 5) is 8.38. The Hall–Kier alpha value is -1.21. The summed E-state index contributed by atoms with van der Waals surface area (Å²) in [6.07, 6.45) is 2.48. The molecule has 1 saturated heterocycles. The molecule has 1 unspecified atom stereocenters. The fourth-order valence-corrected chi connectivity index (χ4v) is 5.00. The van der Waals surface area contributed by atoms with Crippen LogP contribution in [0, 0.1) is 5.92 Å². The number of nitrogens with one attached hydrogen (secondary N) is 2. The van der Waals surface area contributed by atoms with Crippen molar-refractivity contribution >= 4 is 51.3 Å². The second-order valence-corrected chi connectivity index (χ2v) is 10.3. The number of benzene rings is 1. The molecule has 2 aromatic rings. The van der Waals surface area contributed by atoms with Crippen LogP contribution >= 0.6 is 35.3 Å². The molecular weight excluding hydrogens is 545 g/mol. The van der Waals surface area contributed by atoms with Gasteiger partial charge in [0.25, 0.3) is 0 Å². The molecule has 7 nitrogen and oxygen atoms in total. The number of rotatable bonds is 7. The molecule has 1 aliphatic heterocycles. The lowest BCUT2D eigenvalue weighted by molar-refractivity contribution is 0.140. The second kappa shape index (κ2) is 12.1. The number of hydrogen-bond acceptors (Lipinski definition) is 5. The lowest BCUT2D eigenvalue weighted by Crippen LogP contribution is -2.44. The Morgan fingerprint density at radius 1 is 1.23 bits per heavy atom. The van der Waals surface area contributed by atoms with E-state index in [0.717, 1.165) is 37.1 Å². The molecule has 4 N–H and O–H groups in total. The van der Waals surface area contributed by atoms with E-state index in [4.69, 9.17) is 5.14 Å². The van der Waals surface area contributed by atoms with Gasteiger partial charge in [-0.3, -0.25) is 9.89 Å². The number of piperidine rings is 1. The van der Waals surface area contributed by atoms with Crippen LogP contribution in [0.4, 0.5) is 0 Å². The van der Waals surface area contributed by atoms with Crippen LogP contribution in [0.1, 0.15) is 36.2 Å². The van der Waals surface area contributed by atoms with E-state index in [1.807, 2.05) is 0 Å². The molecule has 1 atom stereocenters. The number of thiophene rings is 1. The zero-order chi connectivity index (χ0) is 21.6. The number of halogens is 1. The van der Waals surface area contributed by atoms with Crippen molar-refractivity contribution in [2.24, 2.45) is 16.0 Å². The van der Waals surface area contributed by atoms with Crippen LogP contribution in [0.2, 0.25) is 0 Å². The molecule has 1 fully saturated rings. The van der Waals surface area contributed by atoms with Gasteiger partial charge in [-0.15, -0.1) is 35.3 Å². The molecule has 1 aromatic heterocycles. The minimum absolute atomic E-state index is 0. The number of likely N-dealkylation sites (tertiary alicyclic amines) is 1. The normalized spacial score (nSPS) is 17.1. The Kier molecular flexibility index (Phi) is 10.2. The van der Waals surface area contributed by atoms with E-state index in [1.54, 1.807) is 30.5 Å². The molecule has 0 radical (unpaired) electrons. The van der Waals surface area contributed by atoms with Crippen molar-refractivity contribution in [3.63, 3.8) is 0 Å². The monoisotopic (exact) mass is 577 g/mol. The standard InChI is InChI=1S/C21H31N5O2S2.HI/c1-16-9-11-26(12-10-16)19(20-4-3-13-29-20)15-25-21(23-2)24-14-17-5-7-18(8-6-17)30(22,27)28;/h3-8,13,16,19H,9-12,14-15H2,1-2H3,(H2,22,27,28)(H2,23,24,25);1H. The van der Waals surface area contributed by atoms with E-state index >= 15 is 0 Å². The first-order valence-electron chi connectivity index (χ1n) is 10.2. The molecule has 0 spiro atoms. The summed E-state index contributed by atoms with van der Waals surface area (Å²) in [5, 5.41) is 14.0. The van der Waals surface area contributed by atoms with Crippen LogP contribution < -0.4 is 15.8 Å². The van der Waals surface area contributed by atoms with Crippen molar-refractivity contribution in [3.05, 3.63) is 52.2 Å². The van der Waals surface area contributed by atoms with Crippen molar-refractivity contribution in [1.82, 2.24) is 15.5 Å². The highest BCUT2D eigenvalue weighted by molar-refractivity contribution is 14.0. The quantitative estimate of drug-likeness (QED) is 0.267. The molecule has 0 amide bonds. The summed E-state index contributed by atoms with van der Waals surface area (Å²) >= 11 is 1.80. The average Bonchev–Trinajstić information content (AvgIpc) is 3.26. The highest BCUT2D eigenvalue weighted by Crippen LogP contribution is 2.29. The third-order valence-electron chi connectivity index (χ3n) is 5.53. The highest BCUT2D eigenvalue weighted by Gasteiger charge is 2.25. The van der Waals surface area contributed by atoms with Crippen LogP contribution in [-0.2, 0) is 16.6 Å². The summed E-state index contributed by atoms with van der Waals surface area (Å²) in [7, 11) is -1.92. The van der Waals surface area contributed by atoms with Gasteiger partial charge in [0.1, 0.15) is 0 Å². The number of aliphatic imine (C=N–C) groups is 1. The zero-order valence-corrected chi connectivity index (χ0v) is 21.9. The van der Waals surface area contributed by atoms with Crippen LogP contribution in [0.25, 0.3) is 0 Å². The van der Waals surface area contributed by atoms with Gasteiger partial charge < -0.3 is 10.6 Å². The van der Waals surface area contributed by atoms with Crippen LogP contribution in [0.15, 0.2) is 51.7 Å². The molecule has 0 aliphatic carbocycles. The van der Waals surface area contributed by atoms with Gasteiger partial charge in [-0.2, -0.15) is 0 Å². The minimum atomic E-state index is -3.67. The van der Waals surface area contributed by atoms with E-state index in [0.29, 0.717) is 12.6 Å². The van der Waals surface area contributed by atoms with E-state index < -0.39 is 10.0 Å². The molecule has 0 saturated carbocycles. The van der Waals surface area contributed by atoms with Gasteiger partial charge in [-0.25, -0.2) is 13.6 Å². The van der Waals surface area contributed by atoms with E-state index in [2.05, 4.69) is 45.0 Å². The van der Waals surface area contributed by atoms with Gasteiger partial charge in [0.15, 0.2) is 5.96 Å². The van der Waals surface area contributed by atoms with E-state index in [9.17, 15) is 8.42 Å². The van der Waals surface area contributed by atoms with Gasteiger partial charge in [0, 0.05) is 25.0 Å². The largest absolute Gasteiger partial charge is 0.354 e. The van der Waals surface area contributed by atoms with Crippen molar-refractivity contribution in [3.8, 4) is 0 Å². The third-order valence-corrected chi connectivity index (χ3v) is 7.43. The third kappa shape index (κ3) is 7.70. The highest BCUT2D eigenvalue weighted by atomic mass is 127. The first kappa shape index (κ1) is 26.0. The fraction of sp³-hybridized carbons (Fsp3) is 0.476. The van der Waals surface area contributed by atoms with Crippen LogP contribution in [0.5, 0.6) is 0 Å². The first-order valence-corrected chi connectivity index (χ1v) is 12.6. The van der Waals surface area contributed by atoms with Gasteiger partial charge in [-0.05, 0) is 61.0 Å². The maximum absolute atomic E-state index is 11.4. The Bertz CT molecular complexity index is 925. The van der Waals surface area contributed by atoms with Crippen molar-refractivity contribution in [1.29, 1.82) is 0 Å². The molecule has 31 heavy (non-hydrogen) atoms. The molecule has 0 bridgehead atoms. The first-order chi connectivity index (χ1) is 14.4. The van der Waals surface area contributed by atoms with Crippen LogP contribution in [0.3, 0.4) is 0 Å². The predicted molar refractivity (Wildman–Crippen MR) is 138 cm³/mol. The minimum Gasteiger partial charge on any atom is -0.354 e. The van der Waals surface area contributed by atoms with E-state index in [-0.39, 0.29) is 28.9 Å². The molecule has 1 aromatic carbocycles. The lowest BCUT2D eigenvalue weighted by atomic mass is 9.97. The molecule has 2 heterocycles. The smallest absolute Gasteiger partial charge is 0.238 e. The van der Waals surface area contributed by atoms with Gasteiger partial charge in [0.05, 0.1) is 10.9 Å². The number of sulfonamides is 1.